The van der Waals surface area contributed by atoms with Crippen LogP contribution in [0.15, 0.2) is 48.0 Å². The summed E-state index contributed by atoms with van der Waals surface area (Å²) in [6, 6.07) is 11.2. The van der Waals surface area contributed by atoms with Crippen LogP contribution in [-0.2, 0) is 9.59 Å². The lowest BCUT2D eigenvalue weighted by Gasteiger charge is -2.26. The molecule has 1 amide bonds. The minimum absolute atomic E-state index is 0.0303. The van der Waals surface area contributed by atoms with E-state index in [0.29, 0.717) is 54.0 Å². The van der Waals surface area contributed by atoms with Crippen molar-refractivity contribution in [2.45, 2.75) is 6.04 Å². The smallest absolute Gasteiger partial charge is 0.295 e. The molecule has 0 bridgehead atoms. The van der Waals surface area contributed by atoms with E-state index in [4.69, 9.17) is 21.1 Å². The molecular formula is C23H23ClN2O5. The second-order valence-electron chi connectivity index (χ2n) is 7.71. The lowest BCUT2D eigenvalue weighted by atomic mass is 9.95. The Bertz CT molecular complexity index is 1070. The van der Waals surface area contributed by atoms with Gasteiger partial charge in [-0.25, -0.2) is 0 Å². The third-order valence-corrected chi connectivity index (χ3v) is 5.54. The van der Waals surface area contributed by atoms with Crippen LogP contribution in [0.4, 0.5) is 0 Å². The largest absolute Gasteiger partial charge is 0.507 e. The number of fused-ring (bicyclic) bond motifs is 1. The van der Waals surface area contributed by atoms with Gasteiger partial charge in [-0.3, -0.25) is 9.59 Å². The number of halogens is 1. The molecule has 0 radical (unpaired) electrons. The molecule has 1 N–H and O–H groups in total. The lowest BCUT2D eigenvalue weighted by molar-refractivity contribution is -0.140. The molecule has 7 nitrogen and oxygen atoms in total. The molecule has 2 aliphatic rings. The van der Waals surface area contributed by atoms with E-state index >= 15 is 0 Å². The highest BCUT2D eigenvalue weighted by atomic mass is 35.5. The van der Waals surface area contributed by atoms with Gasteiger partial charge in [0.2, 0.25) is 0 Å². The first-order valence-electron chi connectivity index (χ1n) is 9.95. The first kappa shape index (κ1) is 21.2. The molecule has 2 aliphatic heterocycles. The number of Topliss-reactive ketones (excluding diaryl/α,β-unsaturated/α-hetero) is 1. The van der Waals surface area contributed by atoms with Crippen molar-refractivity contribution in [1.82, 2.24) is 9.80 Å². The number of aliphatic hydroxyl groups is 1. The molecule has 2 heterocycles. The lowest BCUT2D eigenvalue weighted by Crippen LogP contribution is -2.35. The van der Waals surface area contributed by atoms with Crippen LogP contribution in [0, 0.1) is 0 Å². The van der Waals surface area contributed by atoms with Crippen LogP contribution in [0.1, 0.15) is 17.2 Å². The van der Waals surface area contributed by atoms with E-state index in [1.54, 1.807) is 42.5 Å². The van der Waals surface area contributed by atoms with Crippen LogP contribution < -0.4 is 9.47 Å². The molecule has 31 heavy (non-hydrogen) atoms. The minimum atomic E-state index is -0.744. The number of hydrogen-bond acceptors (Lipinski definition) is 6. The van der Waals surface area contributed by atoms with E-state index in [1.165, 1.54) is 4.90 Å². The fourth-order valence-electron chi connectivity index (χ4n) is 3.79. The van der Waals surface area contributed by atoms with E-state index in [-0.39, 0.29) is 11.3 Å². The Morgan fingerprint density at radius 1 is 1.13 bits per heavy atom. The predicted molar refractivity (Wildman–Crippen MR) is 116 cm³/mol. The fourth-order valence-corrected chi connectivity index (χ4v) is 3.99. The molecule has 1 fully saturated rings. The predicted octanol–water partition coefficient (Wildman–Crippen LogP) is 3.09. The first-order valence-corrected chi connectivity index (χ1v) is 10.3. The zero-order valence-corrected chi connectivity index (χ0v) is 18.1. The third-order valence-electron chi connectivity index (χ3n) is 5.31. The Morgan fingerprint density at radius 3 is 2.58 bits per heavy atom. The Labute approximate surface area is 185 Å². The van der Waals surface area contributed by atoms with Crippen molar-refractivity contribution in [1.29, 1.82) is 0 Å². The van der Waals surface area contributed by atoms with Crippen LogP contribution >= 0.6 is 11.6 Å². The number of likely N-dealkylation sites (tertiary alicyclic amines) is 1. The van der Waals surface area contributed by atoms with Gasteiger partial charge in [0.15, 0.2) is 11.5 Å². The van der Waals surface area contributed by atoms with Gasteiger partial charge in [-0.15, -0.1) is 0 Å². The van der Waals surface area contributed by atoms with Crippen molar-refractivity contribution < 1.29 is 24.2 Å². The molecule has 8 heteroatoms. The summed E-state index contributed by atoms with van der Waals surface area (Å²) in [5.74, 6) is -0.577. The van der Waals surface area contributed by atoms with Gasteiger partial charge >= 0.3 is 0 Å². The summed E-state index contributed by atoms with van der Waals surface area (Å²) in [5, 5.41) is 11.6. The summed E-state index contributed by atoms with van der Waals surface area (Å²) in [4.78, 5) is 29.3. The van der Waals surface area contributed by atoms with Crippen molar-refractivity contribution in [3.63, 3.8) is 0 Å². The van der Waals surface area contributed by atoms with E-state index in [1.807, 2.05) is 19.0 Å². The average molecular weight is 443 g/mol. The van der Waals surface area contributed by atoms with Crippen LogP contribution in [0.2, 0.25) is 5.02 Å². The summed E-state index contributed by atoms with van der Waals surface area (Å²) < 4.78 is 11.1. The number of nitrogens with zero attached hydrogens (tertiary/aromatic N) is 2. The second kappa shape index (κ2) is 8.61. The topological polar surface area (TPSA) is 79.3 Å². The number of ether oxygens (including phenoxy) is 2. The van der Waals surface area contributed by atoms with Crippen LogP contribution in [0.25, 0.3) is 5.76 Å². The van der Waals surface area contributed by atoms with Gasteiger partial charge in [0.05, 0.1) is 11.6 Å². The van der Waals surface area contributed by atoms with Crippen molar-refractivity contribution in [3.05, 3.63) is 64.2 Å². The molecule has 0 aromatic heterocycles. The number of ketones is 1. The Balaban J connectivity index is 1.83. The number of carbonyl (C=O) groups is 2. The molecular weight excluding hydrogens is 420 g/mol. The monoisotopic (exact) mass is 442 g/mol. The van der Waals surface area contributed by atoms with Crippen LogP contribution in [0.3, 0.4) is 0 Å². The zero-order valence-electron chi connectivity index (χ0n) is 17.3. The molecule has 2 aromatic carbocycles. The Kier molecular flexibility index (Phi) is 5.89. The molecule has 2 aromatic rings. The number of aliphatic hydroxyl groups excluding tert-OH is 1. The maximum atomic E-state index is 13.0. The van der Waals surface area contributed by atoms with Crippen LogP contribution in [-0.4, -0.2) is 67.0 Å². The molecule has 0 spiro atoms. The third kappa shape index (κ3) is 4.11. The maximum Gasteiger partial charge on any atom is 0.295 e. The van der Waals surface area contributed by atoms with E-state index < -0.39 is 17.7 Å². The highest BCUT2D eigenvalue weighted by Gasteiger charge is 2.46. The van der Waals surface area contributed by atoms with E-state index in [2.05, 4.69) is 0 Å². The zero-order chi connectivity index (χ0) is 22.1. The molecule has 0 unspecified atom stereocenters. The van der Waals surface area contributed by atoms with Gasteiger partial charge in [-0.1, -0.05) is 23.7 Å². The molecule has 1 saturated heterocycles. The second-order valence-corrected chi connectivity index (χ2v) is 8.15. The summed E-state index contributed by atoms with van der Waals surface area (Å²) in [6.45, 7) is 1.74. The highest BCUT2D eigenvalue weighted by Crippen LogP contribution is 2.41. The molecule has 162 valence electrons. The normalized spacial score (nSPS) is 19.9. The van der Waals surface area contributed by atoms with E-state index in [9.17, 15) is 14.7 Å². The van der Waals surface area contributed by atoms with Gasteiger partial charge in [-0.05, 0) is 50.0 Å². The standard InChI is InChI=1S/C23H23ClN2O5/c1-25(2)8-9-26-20(14-4-3-5-16(24)12-14)19(22(28)23(26)29)21(27)15-6-7-17-18(13-15)31-11-10-30-17/h3-7,12-13,20,27H,8-11H2,1-2H3/t20-/m0/s1. The average Bonchev–Trinajstić information content (AvgIpc) is 3.01. The highest BCUT2D eigenvalue weighted by molar-refractivity contribution is 6.46. The van der Waals surface area contributed by atoms with Crippen molar-refractivity contribution in [3.8, 4) is 11.5 Å². The summed E-state index contributed by atoms with van der Waals surface area (Å²) >= 11 is 6.19. The minimum Gasteiger partial charge on any atom is -0.507 e. The number of rotatable bonds is 5. The summed E-state index contributed by atoms with van der Waals surface area (Å²) in [6.07, 6.45) is 0. The maximum absolute atomic E-state index is 13.0. The molecule has 0 saturated carbocycles. The summed E-state index contributed by atoms with van der Waals surface area (Å²) in [5.41, 5.74) is 1.06. The number of hydrogen-bond donors (Lipinski definition) is 1. The summed E-state index contributed by atoms with van der Waals surface area (Å²) in [7, 11) is 3.78. The van der Waals surface area contributed by atoms with Gasteiger partial charge < -0.3 is 24.4 Å². The fraction of sp³-hybridized carbons (Fsp3) is 0.304. The van der Waals surface area contributed by atoms with Gasteiger partial charge in [0.1, 0.15) is 19.0 Å². The number of amides is 1. The number of carbonyl (C=O) groups excluding carboxylic acids is 2. The Morgan fingerprint density at radius 2 is 1.87 bits per heavy atom. The van der Waals surface area contributed by atoms with Gasteiger partial charge in [0, 0.05) is 23.7 Å². The van der Waals surface area contributed by atoms with E-state index in [0.717, 1.165) is 0 Å². The number of benzene rings is 2. The first-order chi connectivity index (χ1) is 14.9. The molecule has 1 atom stereocenters. The van der Waals surface area contributed by atoms with Crippen molar-refractivity contribution >= 4 is 29.1 Å². The van der Waals surface area contributed by atoms with Gasteiger partial charge in [0.25, 0.3) is 11.7 Å². The SMILES string of the molecule is CN(C)CCN1C(=O)C(=O)C(=C(O)c2ccc3c(c2)OCCO3)[C@@H]1c1cccc(Cl)c1. The van der Waals surface area contributed by atoms with Gasteiger partial charge in [-0.2, -0.15) is 0 Å². The Hall–Kier alpha value is -3.03. The van der Waals surface area contributed by atoms with Crippen molar-refractivity contribution in [2.75, 3.05) is 40.4 Å². The molecule has 4 rings (SSSR count). The molecule has 0 aliphatic carbocycles. The van der Waals surface area contributed by atoms with Crippen molar-refractivity contribution in [2.24, 2.45) is 0 Å². The quantitative estimate of drug-likeness (QED) is 0.435. The number of likely N-dealkylation sites (N-methyl/N-ethyl adjacent to an activating group) is 1. The van der Waals surface area contributed by atoms with Crippen LogP contribution in [0.5, 0.6) is 11.5 Å².